The van der Waals surface area contributed by atoms with Crippen LogP contribution in [0.2, 0.25) is 0 Å². The number of fused-ring (bicyclic) bond motifs is 1. The second-order valence-corrected chi connectivity index (χ2v) is 6.05. The molecule has 1 atom stereocenters. The zero-order valence-corrected chi connectivity index (χ0v) is 13.9. The first-order chi connectivity index (χ1) is 11.5. The number of hydrogen-bond acceptors (Lipinski definition) is 7. The van der Waals surface area contributed by atoms with Gasteiger partial charge in [0.15, 0.2) is 5.17 Å². The van der Waals surface area contributed by atoms with Crippen molar-refractivity contribution in [2.75, 3.05) is 6.61 Å². The lowest BCUT2D eigenvalue weighted by Gasteiger charge is -2.33. The average molecular weight is 345 g/mol. The number of nitro groups is 1. The van der Waals surface area contributed by atoms with Gasteiger partial charge in [-0.25, -0.2) is 9.79 Å². The molecular weight excluding hydrogens is 330 g/mol. The molecule has 24 heavy (non-hydrogen) atoms. The van der Waals surface area contributed by atoms with Crippen molar-refractivity contribution < 1.29 is 14.5 Å². The lowest BCUT2D eigenvalue weighted by Crippen LogP contribution is -2.34. The summed E-state index contributed by atoms with van der Waals surface area (Å²) in [5, 5.41) is 13.5. The molecule has 3 rings (SSSR count). The quantitative estimate of drug-likeness (QED) is 0.472. The minimum atomic E-state index is -0.448. The molecule has 2 aliphatic heterocycles. The third-order valence-corrected chi connectivity index (χ3v) is 4.51. The van der Waals surface area contributed by atoms with Gasteiger partial charge in [0.05, 0.1) is 28.8 Å². The molecule has 0 saturated carbocycles. The molecule has 2 heterocycles. The molecular formula is C16H15N3O4S. The monoisotopic (exact) mass is 345 g/mol. The number of nitrogens with zero attached hydrogens (tertiary/aromatic N) is 3. The minimum Gasteiger partial charge on any atom is -0.463 e. The molecule has 2 aliphatic rings. The predicted octanol–water partition coefficient (Wildman–Crippen LogP) is 3.36. The Morgan fingerprint density at radius 1 is 1.42 bits per heavy atom. The van der Waals surface area contributed by atoms with Gasteiger partial charge in [-0.1, -0.05) is 11.8 Å². The molecule has 0 fully saturated rings. The van der Waals surface area contributed by atoms with Crippen molar-refractivity contribution in [3.63, 3.8) is 0 Å². The maximum absolute atomic E-state index is 12.4. The van der Waals surface area contributed by atoms with Crippen molar-refractivity contribution in [1.82, 2.24) is 4.90 Å². The van der Waals surface area contributed by atoms with Gasteiger partial charge in [0.2, 0.25) is 0 Å². The fraction of sp³-hybridized carbons (Fsp3) is 0.250. The first-order valence-corrected chi connectivity index (χ1v) is 8.23. The van der Waals surface area contributed by atoms with Gasteiger partial charge in [-0.3, -0.25) is 10.1 Å². The van der Waals surface area contributed by atoms with E-state index in [0.717, 1.165) is 10.7 Å². The van der Waals surface area contributed by atoms with Gasteiger partial charge in [0.1, 0.15) is 0 Å². The zero-order valence-electron chi connectivity index (χ0n) is 13.1. The topological polar surface area (TPSA) is 85.0 Å². The highest BCUT2D eigenvalue weighted by atomic mass is 32.2. The van der Waals surface area contributed by atoms with Crippen LogP contribution in [-0.2, 0) is 9.53 Å². The summed E-state index contributed by atoms with van der Waals surface area (Å²) in [6, 6.07) is 5.78. The molecule has 0 N–H and O–H groups in total. The number of non-ortho nitro benzene ring substituents is 1. The highest BCUT2D eigenvalue weighted by molar-refractivity contribution is 8.16. The van der Waals surface area contributed by atoms with Gasteiger partial charge in [0.25, 0.3) is 5.69 Å². The standard InChI is InChI=1S/C16H15N3O4S/c1-3-23-15(20)13-10(2)17-16-18(8-9-24-16)14(13)11-4-6-12(7-5-11)19(21)22/h4-9,14H,3H2,1-2H3/t14-/m1/s1. The maximum atomic E-state index is 12.4. The number of ether oxygens (including phenoxy) is 1. The number of benzene rings is 1. The van der Waals surface area contributed by atoms with Crippen LogP contribution >= 0.6 is 11.8 Å². The Hall–Kier alpha value is -2.61. The van der Waals surface area contributed by atoms with E-state index < -0.39 is 16.9 Å². The van der Waals surface area contributed by atoms with E-state index in [0.29, 0.717) is 11.3 Å². The number of esters is 1. The smallest absolute Gasteiger partial charge is 0.338 e. The molecule has 0 amide bonds. The predicted molar refractivity (Wildman–Crippen MR) is 91.2 cm³/mol. The minimum absolute atomic E-state index is 0.00757. The van der Waals surface area contributed by atoms with E-state index in [1.54, 1.807) is 26.0 Å². The van der Waals surface area contributed by atoms with Gasteiger partial charge in [-0.05, 0) is 37.0 Å². The molecule has 124 valence electrons. The molecule has 8 heteroatoms. The Labute approximate surface area is 142 Å². The molecule has 1 aromatic rings. The van der Waals surface area contributed by atoms with Gasteiger partial charge in [0, 0.05) is 18.3 Å². The van der Waals surface area contributed by atoms with Gasteiger partial charge in [-0.15, -0.1) is 0 Å². The zero-order chi connectivity index (χ0) is 17.3. The van der Waals surface area contributed by atoms with Crippen LogP contribution in [0.4, 0.5) is 5.69 Å². The Kier molecular flexibility index (Phi) is 4.39. The van der Waals surface area contributed by atoms with Crippen LogP contribution in [0.5, 0.6) is 0 Å². The second kappa shape index (κ2) is 6.48. The molecule has 0 aromatic heterocycles. The fourth-order valence-electron chi connectivity index (χ4n) is 2.68. The highest BCUT2D eigenvalue weighted by Gasteiger charge is 2.37. The number of thioether (sulfide) groups is 1. The molecule has 0 saturated heterocycles. The van der Waals surface area contributed by atoms with E-state index in [9.17, 15) is 14.9 Å². The number of aliphatic imine (C=N–C) groups is 1. The Bertz CT molecular complexity index is 783. The molecule has 0 bridgehead atoms. The van der Waals surface area contributed by atoms with Gasteiger partial charge < -0.3 is 9.64 Å². The SMILES string of the molecule is CCOC(=O)C1=C(C)N=C2SC=CN2[C@@H]1c1ccc([N+](=O)[O-])cc1. The van der Waals surface area contributed by atoms with Crippen LogP contribution in [0.25, 0.3) is 0 Å². The summed E-state index contributed by atoms with van der Waals surface area (Å²) < 4.78 is 5.18. The van der Waals surface area contributed by atoms with Crippen molar-refractivity contribution in [2.45, 2.75) is 19.9 Å². The van der Waals surface area contributed by atoms with Crippen molar-refractivity contribution in [3.05, 3.63) is 62.8 Å². The molecule has 0 aliphatic carbocycles. The number of carbonyl (C=O) groups is 1. The van der Waals surface area contributed by atoms with E-state index in [1.807, 2.05) is 16.5 Å². The van der Waals surface area contributed by atoms with E-state index >= 15 is 0 Å². The average Bonchev–Trinajstić information content (AvgIpc) is 3.01. The number of nitro benzene ring substituents is 1. The van der Waals surface area contributed by atoms with Crippen LogP contribution in [0.15, 0.2) is 52.1 Å². The summed E-state index contributed by atoms with van der Waals surface area (Å²) in [7, 11) is 0. The third kappa shape index (κ3) is 2.80. The first-order valence-electron chi connectivity index (χ1n) is 7.35. The molecule has 0 spiro atoms. The van der Waals surface area contributed by atoms with Crippen LogP contribution in [0.3, 0.4) is 0 Å². The van der Waals surface area contributed by atoms with E-state index in [4.69, 9.17) is 4.74 Å². The first kappa shape index (κ1) is 16.3. The van der Waals surface area contributed by atoms with Gasteiger partial charge >= 0.3 is 5.97 Å². The Morgan fingerprint density at radius 3 is 2.75 bits per heavy atom. The number of allylic oxidation sites excluding steroid dienone is 1. The molecule has 7 nitrogen and oxygen atoms in total. The molecule has 0 unspecified atom stereocenters. The van der Waals surface area contributed by atoms with Crippen molar-refractivity contribution in [1.29, 1.82) is 0 Å². The summed E-state index contributed by atoms with van der Waals surface area (Å²) in [5.74, 6) is -0.425. The van der Waals surface area contributed by atoms with Crippen LogP contribution < -0.4 is 0 Å². The highest BCUT2D eigenvalue weighted by Crippen LogP contribution is 2.41. The van der Waals surface area contributed by atoms with Crippen LogP contribution in [-0.4, -0.2) is 27.6 Å². The lowest BCUT2D eigenvalue weighted by atomic mass is 9.94. The maximum Gasteiger partial charge on any atom is 0.338 e. The number of amidine groups is 1. The lowest BCUT2D eigenvalue weighted by molar-refractivity contribution is -0.384. The normalized spacial score (nSPS) is 19.2. The third-order valence-electron chi connectivity index (χ3n) is 3.74. The second-order valence-electron chi connectivity index (χ2n) is 5.18. The van der Waals surface area contributed by atoms with Crippen molar-refractivity contribution in [2.24, 2.45) is 4.99 Å². The number of hydrogen-bond donors (Lipinski definition) is 0. The Morgan fingerprint density at radius 2 is 2.12 bits per heavy atom. The summed E-state index contributed by atoms with van der Waals surface area (Å²) in [4.78, 5) is 29.2. The van der Waals surface area contributed by atoms with Crippen molar-refractivity contribution >= 4 is 28.6 Å². The number of carbonyl (C=O) groups excluding carboxylic acids is 1. The fourth-order valence-corrected chi connectivity index (χ4v) is 3.47. The summed E-state index contributed by atoms with van der Waals surface area (Å²) in [6.07, 6.45) is 1.85. The summed E-state index contributed by atoms with van der Waals surface area (Å²) in [5.41, 5.74) is 1.82. The molecule has 0 radical (unpaired) electrons. The summed E-state index contributed by atoms with van der Waals surface area (Å²) in [6.45, 7) is 3.79. The number of rotatable bonds is 4. The van der Waals surface area contributed by atoms with Crippen LogP contribution in [0, 0.1) is 10.1 Å². The molecule has 1 aromatic carbocycles. The summed E-state index contributed by atoms with van der Waals surface area (Å²) >= 11 is 1.46. The van der Waals surface area contributed by atoms with Crippen LogP contribution in [0.1, 0.15) is 25.5 Å². The Balaban J connectivity index is 2.07. The largest absolute Gasteiger partial charge is 0.463 e. The van der Waals surface area contributed by atoms with Crippen molar-refractivity contribution in [3.8, 4) is 0 Å². The van der Waals surface area contributed by atoms with Gasteiger partial charge in [-0.2, -0.15) is 0 Å². The van der Waals surface area contributed by atoms with E-state index in [2.05, 4.69) is 4.99 Å². The van der Waals surface area contributed by atoms with E-state index in [-0.39, 0.29) is 12.3 Å². The van der Waals surface area contributed by atoms with E-state index in [1.165, 1.54) is 23.9 Å².